The number of aromatic nitrogens is 1. The third kappa shape index (κ3) is 3.46. The summed E-state index contributed by atoms with van der Waals surface area (Å²) < 4.78 is 11.5. The Bertz CT molecular complexity index is 614. The molecule has 112 valence electrons. The summed E-state index contributed by atoms with van der Waals surface area (Å²) in [6.45, 7) is 6.27. The van der Waals surface area contributed by atoms with Crippen molar-refractivity contribution in [1.29, 1.82) is 0 Å². The Labute approximate surface area is 129 Å². The van der Waals surface area contributed by atoms with Crippen LogP contribution in [0, 0.1) is 6.92 Å². The minimum absolute atomic E-state index is 0.0379. The first-order chi connectivity index (χ1) is 10.1. The Morgan fingerprint density at radius 1 is 1.43 bits per heavy atom. The molecule has 0 N–H and O–H groups in total. The molecule has 0 spiro atoms. The monoisotopic (exact) mass is 306 g/mol. The van der Waals surface area contributed by atoms with Crippen LogP contribution in [0.25, 0.3) is 0 Å². The number of oxazole rings is 1. The summed E-state index contributed by atoms with van der Waals surface area (Å²) in [5, 5.41) is 0.740. The van der Waals surface area contributed by atoms with Gasteiger partial charge in [0.05, 0.1) is 25.5 Å². The molecule has 1 aromatic heterocycles. The maximum absolute atomic E-state index is 6.07. The van der Waals surface area contributed by atoms with Gasteiger partial charge in [-0.2, -0.15) is 0 Å². The van der Waals surface area contributed by atoms with Crippen LogP contribution in [0.4, 0.5) is 0 Å². The third-order valence-electron chi connectivity index (χ3n) is 3.79. The fourth-order valence-electron chi connectivity index (χ4n) is 2.58. The standard InChI is InChI=1S/C16H19ClN2O2/c1-11-10-20-15(13-4-3-5-14(17)6-13)8-19(11)9-16-18-7-12(2)21-16/h3-7,11,15H,8-10H2,1-2H3/t11-,15-/m1/s1. The van der Waals surface area contributed by atoms with Crippen molar-refractivity contribution in [2.75, 3.05) is 13.2 Å². The Balaban J connectivity index is 1.72. The van der Waals surface area contributed by atoms with Crippen molar-refractivity contribution in [3.05, 3.63) is 52.7 Å². The molecule has 21 heavy (non-hydrogen) atoms. The van der Waals surface area contributed by atoms with Crippen molar-refractivity contribution < 1.29 is 9.15 Å². The van der Waals surface area contributed by atoms with Crippen LogP contribution in [0.1, 0.15) is 30.2 Å². The van der Waals surface area contributed by atoms with E-state index in [-0.39, 0.29) is 6.10 Å². The van der Waals surface area contributed by atoms with E-state index in [1.165, 1.54) is 0 Å². The number of nitrogens with zero attached hydrogens (tertiary/aromatic N) is 2. The minimum Gasteiger partial charge on any atom is -0.445 e. The van der Waals surface area contributed by atoms with Gasteiger partial charge in [0.15, 0.2) is 0 Å². The molecule has 1 aliphatic rings. The predicted molar refractivity (Wildman–Crippen MR) is 81.3 cm³/mol. The lowest BCUT2D eigenvalue weighted by Crippen LogP contribution is -2.44. The molecule has 2 heterocycles. The van der Waals surface area contributed by atoms with Crippen molar-refractivity contribution in [2.45, 2.75) is 32.5 Å². The average Bonchev–Trinajstić information content (AvgIpc) is 2.87. The first-order valence-corrected chi connectivity index (χ1v) is 7.52. The molecule has 4 nitrogen and oxygen atoms in total. The Morgan fingerprint density at radius 2 is 2.29 bits per heavy atom. The summed E-state index contributed by atoms with van der Waals surface area (Å²) in [6.07, 6.45) is 1.80. The van der Waals surface area contributed by atoms with Crippen LogP contribution in [0.3, 0.4) is 0 Å². The number of hydrogen-bond donors (Lipinski definition) is 0. The Kier molecular flexibility index (Phi) is 4.29. The van der Waals surface area contributed by atoms with E-state index < -0.39 is 0 Å². The van der Waals surface area contributed by atoms with E-state index in [1.807, 2.05) is 25.1 Å². The molecular formula is C16H19ClN2O2. The van der Waals surface area contributed by atoms with E-state index in [4.69, 9.17) is 20.8 Å². The zero-order chi connectivity index (χ0) is 14.8. The smallest absolute Gasteiger partial charge is 0.208 e. The van der Waals surface area contributed by atoms with Crippen molar-refractivity contribution in [3.63, 3.8) is 0 Å². The Morgan fingerprint density at radius 3 is 3.00 bits per heavy atom. The van der Waals surface area contributed by atoms with Gasteiger partial charge in [0.1, 0.15) is 5.76 Å². The molecule has 0 saturated carbocycles. The van der Waals surface area contributed by atoms with Gasteiger partial charge < -0.3 is 9.15 Å². The number of aryl methyl sites for hydroxylation is 1. The second kappa shape index (κ2) is 6.18. The normalized spacial score (nSPS) is 23.4. The van der Waals surface area contributed by atoms with Gasteiger partial charge in [-0.1, -0.05) is 23.7 Å². The van der Waals surface area contributed by atoms with E-state index in [0.29, 0.717) is 19.2 Å². The summed E-state index contributed by atoms with van der Waals surface area (Å²) >= 11 is 6.07. The molecule has 1 aromatic carbocycles. The number of benzene rings is 1. The van der Waals surface area contributed by atoms with Gasteiger partial charge in [-0.05, 0) is 31.5 Å². The quantitative estimate of drug-likeness (QED) is 0.868. The van der Waals surface area contributed by atoms with Crippen LogP contribution < -0.4 is 0 Å². The van der Waals surface area contributed by atoms with Gasteiger partial charge in [0, 0.05) is 17.6 Å². The van der Waals surface area contributed by atoms with E-state index >= 15 is 0 Å². The summed E-state index contributed by atoms with van der Waals surface area (Å²) in [4.78, 5) is 6.62. The summed E-state index contributed by atoms with van der Waals surface area (Å²) in [7, 11) is 0. The maximum Gasteiger partial charge on any atom is 0.208 e. The number of morpholine rings is 1. The first-order valence-electron chi connectivity index (χ1n) is 7.14. The number of ether oxygens (including phenoxy) is 1. The number of rotatable bonds is 3. The number of halogens is 1. The second-order valence-electron chi connectivity index (χ2n) is 5.52. The van der Waals surface area contributed by atoms with Crippen molar-refractivity contribution >= 4 is 11.6 Å². The van der Waals surface area contributed by atoms with E-state index in [0.717, 1.165) is 28.8 Å². The Hall–Kier alpha value is -1.36. The molecule has 1 aliphatic heterocycles. The van der Waals surface area contributed by atoms with Gasteiger partial charge in [0.25, 0.3) is 0 Å². The molecule has 3 rings (SSSR count). The molecule has 5 heteroatoms. The zero-order valence-electron chi connectivity index (χ0n) is 12.3. The van der Waals surface area contributed by atoms with Gasteiger partial charge >= 0.3 is 0 Å². The second-order valence-corrected chi connectivity index (χ2v) is 5.96. The molecule has 0 bridgehead atoms. The highest BCUT2D eigenvalue weighted by molar-refractivity contribution is 6.30. The van der Waals surface area contributed by atoms with Crippen molar-refractivity contribution in [1.82, 2.24) is 9.88 Å². The van der Waals surface area contributed by atoms with Crippen LogP contribution in [-0.4, -0.2) is 29.1 Å². The average molecular weight is 307 g/mol. The fourth-order valence-corrected chi connectivity index (χ4v) is 2.78. The summed E-state index contributed by atoms with van der Waals surface area (Å²) in [6, 6.07) is 8.20. The molecule has 2 aromatic rings. The van der Waals surface area contributed by atoms with Crippen molar-refractivity contribution in [3.8, 4) is 0 Å². The van der Waals surface area contributed by atoms with E-state index in [9.17, 15) is 0 Å². The molecular weight excluding hydrogens is 288 g/mol. The predicted octanol–water partition coefficient (Wildman–Crippen LogP) is 3.60. The maximum atomic E-state index is 6.07. The van der Waals surface area contributed by atoms with E-state index in [2.05, 4.69) is 22.9 Å². The minimum atomic E-state index is 0.0379. The SMILES string of the molecule is Cc1cnc(CN2C[C@H](c3cccc(Cl)c3)OC[C@H]2C)o1. The van der Waals surface area contributed by atoms with E-state index in [1.54, 1.807) is 6.20 Å². The lowest BCUT2D eigenvalue weighted by molar-refractivity contribution is -0.0656. The molecule has 0 aliphatic carbocycles. The van der Waals surface area contributed by atoms with Crippen LogP contribution >= 0.6 is 11.6 Å². The van der Waals surface area contributed by atoms with Crippen LogP contribution in [-0.2, 0) is 11.3 Å². The fraction of sp³-hybridized carbons (Fsp3) is 0.438. The van der Waals surface area contributed by atoms with Gasteiger partial charge in [0.2, 0.25) is 5.89 Å². The summed E-state index contributed by atoms with van der Waals surface area (Å²) in [5.41, 5.74) is 1.11. The molecule has 1 fully saturated rings. The highest BCUT2D eigenvalue weighted by atomic mass is 35.5. The number of hydrogen-bond acceptors (Lipinski definition) is 4. The molecule has 1 saturated heterocycles. The van der Waals surface area contributed by atoms with Crippen molar-refractivity contribution in [2.24, 2.45) is 0 Å². The largest absolute Gasteiger partial charge is 0.445 e. The van der Waals surface area contributed by atoms with Gasteiger partial charge in [-0.15, -0.1) is 0 Å². The summed E-state index contributed by atoms with van der Waals surface area (Å²) in [5.74, 6) is 1.60. The van der Waals surface area contributed by atoms with Crippen LogP contribution in [0.15, 0.2) is 34.9 Å². The molecule has 0 unspecified atom stereocenters. The molecule has 0 radical (unpaired) electrons. The highest BCUT2D eigenvalue weighted by Gasteiger charge is 2.28. The zero-order valence-corrected chi connectivity index (χ0v) is 13.0. The van der Waals surface area contributed by atoms with Crippen LogP contribution in [0.2, 0.25) is 5.02 Å². The topological polar surface area (TPSA) is 38.5 Å². The first kappa shape index (κ1) is 14.6. The lowest BCUT2D eigenvalue weighted by atomic mass is 10.1. The highest BCUT2D eigenvalue weighted by Crippen LogP contribution is 2.27. The molecule has 0 amide bonds. The lowest BCUT2D eigenvalue weighted by Gasteiger charge is -2.37. The van der Waals surface area contributed by atoms with Gasteiger partial charge in [-0.3, -0.25) is 4.90 Å². The van der Waals surface area contributed by atoms with Crippen LogP contribution in [0.5, 0.6) is 0 Å². The van der Waals surface area contributed by atoms with Gasteiger partial charge in [-0.25, -0.2) is 4.98 Å². The molecule has 2 atom stereocenters. The third-order valence-corrected chi connectivity index (χ3v) is 4.03.